The topological polar surface area (TPSA) is 76.2 Å². The first-order chi connectivity index (χ1) is 12.4. The van der Waals surface area contributed by atoms with Crippen molar-refractivity contribution in [2.24, 2.45) is 0 Å². The third-order valence-electron chi connectivity index (χ3n) is 3.85. The first-order valence-corrected chi connectivity index (χ1v) is 8.69. The molecule has 140 valence electrons. The van der Waals surface area contributed by atoms with E-state index in [1.54, 1.807) is 18.2 Å². The second-order valence-electron chi connectivity index (χ2n) is 5.73. The molecule has 0 radical (unpaired) electrons. The second-order valence-corrected chi connectivity index (χ2v) is 5.73. The average molecular weight is 360 g/mol. The van der Waals surface area contributed by atoms with E-state index in [0.29, 0.717) is 36.7 Å². The summed E-state index contributed by atoms with van der Waals surface area (Å²) in [7, 11) is 1.37. The Bertz CT molecular complexity index is 741. The van der Waals surface area contributed by atoms with Crippen molar-refractivity contribution in [2.75, 3.05) is 26.8 Å². The summed E-state index contributed by atoms with van der Waals surface area (Å²) in [5.74, 6) is -0.0575. The first kappa shape index (κ1) is 19.5. The van der Waals surface area contributed by atoms with Crippen molar-refractivity contribution in [2.45, 2.75) is 27.2 Å². The summed E-state index contributed by atoms with van der Waals surface area (Å²) in [6.45, 7) is 6.82. The van der Waals surface area contributed by atoms with Gasteiger partial charge in [0.2, 0.25) is 0 Å². The van der Waals surface area contributed by atoms with Crippen molar-refractivity contribution in [3.05, 3.63) is 29.3 Å². The van der Waals surface area contributed by atoms with Crippen LogP contribution in [0.5, 0.6) is 11.5 Å². The molecule has 0 aliphatic carbocycles. The minimum absolute atomic E-state index is 0.0489. The van der Waals surface area contributed by atoms with Gasteiger partial charge in [-0.2, -0.15) is 0 Å². The molecule has 1 fully saturated rings. The zero-order valence-corrected chi connectivity index (χ0v) is 15.6. The lowest BCUT2D eigenvalue weighted by molar-refractivity contribution is -0.135. The highest BCUT2D eigenvalue weighted by Crippen LogP contribution is 2.30. The summed E-state index contributed by atoms with van der Waals surface area (Å²) >= 11 is 0. The van der Waals surface area contributed by atoms with Crippen LogP contribution in [0.4, 0.5) is 4.79 Å². The Labute approximate surface area is 153 Å². The summed E-state index contributed by atoms with van der Waals surface area (Å²) in [5, 5.41) is 0. The summed E-state index contributed by atoms with van der Waals surface area (Å²) < 4.78 is 11.1. The molecule has 1 aliphatic heterocycles. The van der Waals surface area contributed by atoms with Crippen molar-refractivity contribution in [3.63, 3.8) is 0 Å². The quantitative estimate of drug-likeness (QED) is 0.552. The van der Waals surface area contributed by atoms with Crippen LogP contribution < -0.4 is 9.47 Å². The zero-order valence-electron chi connectivity index (χ0n) is 15.6. The number of nitrogens with zero attached hydrogens (tertiary/aromatic N) is 2. The fraction of sp³-hybridized carbons (Fsp3) is 0.421. The maximum Gasteiger partial charge on any atom is 0.333 e. The molecule has 7 heteroatoms. The summed E-state index contributed by atoms with van der Waals surface area (Å²) in [4.78, 5) is 39.2. The molecule has 1 aliphatic rings. The molecule has 0 atom stereocenters. The van der Waals surface area contributed by atoms with Crippen molar-refractivity contribution in [3.8, 4) is 11.5 Å². The predicted octanol–water partition coefficient (Wildman–Crippen LogP) is 2.70. The molecule has 0 spiro atoms. The Morgan fingerprint density at radius 3 is 2.23 bits per heavy atom. The number of urea groups is 1. The van der Waals surface area contributed by atoms with E-state index in [-0.39, 0.29) is 12.1 Å². The molecule has 1 heterocycles. The smallest absolute Gasteiger partial charge is 0.333 e. The molecule has 0 aromatic heterocycles. The van der Waals surface area contributed by atoms with Gasteiger partial charge in [0.1, 0.15) is 5.57 Å². The van der Waals surface area contributed by atoms with Crippen LogP contribution in [0, 0.1) is 0 Å². The van der Waals surface area contributed by atoms with Gasteiger partial charge in [0.15, 0.2) is 11.5 Å². The molecule has 0 saturated carbocycles. The molecular formula is C19H24N2O5. The van der Waals surface area contributed by atoms with Crippen molar-refractivity contribution < 1.29 is 23.9 Å². The van der Waals surface area contributed by atoms with Crippen LogP contribution in [0.15, 0.2) is 23.8 Å². The number of likely N-dealkylation sites (N-methyl/N-ethyl adjacent to an activating group) is 1. The monoisotopic (exact) mass is 360 g/mol. The zero-order chi connectivity index (χ0) is 19.3. The van der Waals surface area contributed by atoms with Gasteiger partial charge in [0.25, 0.3) is 11.8 Å². The molecule has 4 amide bonds. The summed E-state index contributed by atoms with van der Waals surface area (Å²) in [5.41, 5.74) is 0.569. The first-order valence-electron chi connectivity index (χ1n) is 8.69. The number of carbonyl (C=O) groups is 3. The summed E-state index contributed by atoms with van der Waals surface area (Å²) in [6, 6.07) is 4.59. The van der Waals surface area contributed by atoms with Crippen LogP contribution in [0.3, 0.4) is 0 Å². The normalized spacial score (nSPS) is 16.5. The van der Waals surface area contributed by atoms with Crippen molar-refractivity contribution in [1.29, 1.82) is 0 Å². The van der Waals surface area contributed by atoms with Crippen LogP contribution in [-0.4, -0.2) is 54.5 Å². The van der Waals surface area contributed by atoms with E-state index >= 15 is 0 Å². The Morgan fingerprint density at radius 1 is 0.962 bits per heavy atom. The standard InChI is InChI=1S/C19H24N2O5/c1-5-10-21-18(23)14(17(22)20(4)19(21)24)11-13-8-9-15(25-6-2)16(12-13)26-7-3/h8-9,11-12H,5-7,10H2,1-4H3/b14-11-. The van der Waals surface area contributed by atoms with Crippen LogP contribution in [0.2, 0.25) is 0 Å². The number of benzene rings is 1. The van der Waals surface area contributed by atoms with Gasteiger partial charge in [-0.1, -0.05) is 13.0 Å². The highest BCUT2D eigenvalue weighted by atomic mass is 16.5. The van der Waals surface area contributed by atoms with Crippen LogP contribution in [-0.2, 0) is 9.59 Å². The minimum Gasteiger partial charge on any atom is -0.490 e. The van der Waals surface area contributed by atoms with Gasteiger partial charge in [-0.25, -0.2) is 4.79 Å². The number of ether oxygens (including phenoxy) is 2. The van der Waals surface area contributed by atoms with Crippen molar-refractivity contribution in [1.82, 2.24) is 9.80 Å². The van der Waals surface area contributed by atoms with Gasteiger partial charge in [0, 0.05) is 13.6 Å². The maximum atomic E-state index is 12.6. The second kappa shape index (κ2) is 8.51. The number of rotatable bonds is 7. The average Bonchev–Trinajstić information content (AvgIpc) is 2.63. The van der Waals surface area contributed by atoms with E-state index in [1.807, 2.05) is 20.8 Å². The number of hydrogen-bond donors (Lipinski definition) is 0. The molecule has 2 rings (SSSR count). The molecule has 1 saturated heterocycles. The van der Waals surface area contributed by atoms with Gasteiger partial charge < -0.3 is 9.47 Å². The molecule has 1 aromatic rings. The van der Waals surface area contributed by atoms with Gasteiger partial charge in [0.05, 0.1) is 13.2 Å². The minimum atomic E-state index is -0.612. The van der Waals surface area contributed by atoms with Gasteiger partial charge >= 0.3 is 6.03 Å². The highest BCUT2D eigenvalue weighted by molar-refractivity contribution is 6.30. The Balaban J connectivity index is 2.42. The maximum absolute atomic E-state index is 12.6. The molecule has 1 aromatic carbocycles. The van der Waals surface area contributed by atoms with E-state index in [2.05, 4.69) is 0 Å². The lowest BCUT2D eigenvalue weighted by Gasteiger charge is -2.31. The van der Waals surface area contributed by atoms with Gasteiger partial charge in [-0.05, 0) is 44.0 Å². The fourth-order valence-electron chi connectivity index (χ4n) is 2.64. The summed E-state index contributed by atoms with van der Waals surface area (Å²) in [6.07, 6.45) is 2.10. The van der Waals surface area contributed by atoms with Gasteiger partial charge in [-0.3, -0.25) is 19.4 Å². The van der Waals surface area contributed by atoms with Crippen LogP contribution in [0.1, 0.15) is 32.8 Å². The predicted molar refractivity (Wildman–Crippen MR) is 96.9 cm³/mol. The van der Waals surface area contributed by atoms with E-state index in [0.717, 1.165) is 9.80 Å². The molecular weight excluding hydrogens is 336 g/mol. The number of barbiturate groups is 1. The molecule has 0 bridgehead atoms. The third-order valence-corrected chi connectivity index (χ3v) is 3.85. The van der Waals surface area contributed by atoms with E-state index in [9.17, 15) is 14.4 Å². The SMILES string of the molecule is CCCN1C(=O)/C(=C\c2ccc(OCC)c(OCC)c2)C(=O)N(C)C1=O. The van der Waals surface area contributed by atoms with Crippen LogP contribution in [0.25, 0.3) is 6.08 Å². The third kappa shape index (κ3) is 3.87. The number of amides is 4. The number of imide groups is 2. The van der Waals surface area contributed by atoms with E-state index < -0.39 is 17.8 Å². The van der Waals surface area contributed by atoms with E-state index in [4.69, 9.17) is 9.47 Å². The van der Waals surface area contributed by atoms with Crippen LogP contribution >= 0.6 is 0 Å². The Hall–Kier alpha value is -2.83. The number of hydrogen-bond acceptors (Lipinski definition) is 5. The lowest BCUT2D eigenvalue weighted by Crippen LogP contribution is -2.54. The molecule has 7 nitrogen and oxygen atoms in total. The van der Waals surface area contributed by atoms with Crippen molar-refractivity contribution >= 4 is 23.9 Å². The lowest BCUT2D eigenvalue weighted by atomic mass is 10.1. The fourth-order valence-corrected chi connectivity index (χ4v) is 2.64. The van der Waals surface area contributed by atoms with Gasteiger partial charge in [-0.15, -0.1) is 0 Å². The molecule has 0 N–H and O–H groups in total. The Morgan fingerprint density at radius 2 is 1.62 bits per heavy atom. The van der Waals surface area contributed by atoms with E-state index in [1.165, 1.54) is 13.1 Å². The number of carbonyl (C=O) groups excluding carboxylic acids is 3. The molecule has 0 unspecified atom stereocenters. The molecule has 26 heavy (non-hydrogen) atoms. The Kier molecular flexibility index (Phi) is 6.38. The highest BCUT2D eigenvalue weighted by Gasteiger charge is 2.39. The largest absolute Gasteiger partial charge is 0.490 e.